The molecule has 0 bridgehead atoms. The highest BCUT2D eigenvalue weighted by molar-refractivity contribution is 6.33. The third kappa shape index (κ3) is 2.47. The van der Waals surface area contributed by atoms with E-state index < -0.39 is 11.7 Å². The van der Waals surface area contributed by atoms with Crippen LogP contribution in [0, 0.1) is 0 Å². The molecular formula is C12H12ClF3N4. The van der Waals surface area contributed by atoms with Crippen molar-refractivity contribution in [2.24, 2.45) is 0 Å². The zero-order chi connectivity index (χ0) is 14.3. The van der Waals surface area contributed by atoms with Gasteiger partial charge < -0.3 is 5.32 Å². The summed E-state index contributed by atoms with van der Waals surface area (Å²) in [5.74, 6) is 0.493. The molecule has 2 aromatic heterocycles. The second kappa shape index (κ2) is 4.89. The number of alkyl halides is 3. The monoisotopic (exact) mass is 304 g/mol. The molecule has 1 fully saturated rings. The lowest BCUT2D eigenvalue weighted by Crippen LogP contribution is -2.24. The first-order valence-corrected chi connectivity index (χ1v) is 6.66. The van der Waals surface area contributed by atoms with E-state index in [0.717, 1.165) is 31.6 Å². The zero-order valence-electron chi connectivity index (χ0n) is 10.4. The van der Waals surface area contributed by atoms with Crippen molar-refractivity contribution in [3.8, 4) is 0 Å². The number of nitrogens with zero attached hydrogens (tertiary/aromatic N) is 3. The van der Waals surface area contributed by atoms with Gasteiger partial charge in [0.05, 0.1) is 10.6 Å². The fraction of sp³-hybridized carbons (Fsp3) is 0.500. The molecule has 0 saturated carbocycles. The van der Waals surface area contributed by atoms with Crippen LogP contribution < -0.4 is 5.32 Å². The second-order valence-electron chi connectivity index (χ2n) is 4.88. The van der Waals surface area contributed by atoms with Gasteiger partial charge in [0, 0.05) is 18.7 Å². The van der Waals surface area contributed by atoms with E-state index in [-0.39, 0.29) is 16.7 Å². The minimum absolute atomic E-state index is 0.0436. The average molecular weight is 305 g/mol. The van der Waals surface area contributed by atoms with Crippen molar-refractivity contribution in [1.29, 1.82) is 0 Å². The van der Waals surface area contributed by atoms with Crippen molar-refractivity contribution in [1.82, 2.24) is 19.9 Å². The van der Waals surface area contributed by atoms with E-state index >= 15 is 0 Å². The van der Waals surface area contributed by atoms with Gasteiger partial charge in [0.1, 0.15) is 5.82 Å². The third-order valence-corrected chi connectivity index (χ3v) is 3.73. The highest BCUT2D eigenvalue weighted by Gasteiger charge is 2.32. The number of halogens is 4. The largest absolute Gasteiger partial charge is 0.417 e. The summed E-state index contributed by atoms with van der Waals surface area (Å²) in [6, 6.07) is 1.11. The van der Waals surface area contributed by atoms with Crippen LogP contribution in [0.25, 0.3) is 5.65 Å². The molecular weight excluding hydrogens is 293 g/mol. The first kappa shape index (κ1) is 13.6. The van der Waals surface area contributed by atoms with Gasteiger partial charge in [-0.1, -0.05) is 11.6 Å². The maximum absolute atomic E-state index is 12.8. The molecule has 0 spiro atoms. The van der Waals surface area contributed by atoms with Crippen LogP contribution in [0.2, 0.25) is 5.02 Å². The van der Waals surface area contributed by atoms with Gasteiger partial charge in [0.25, 0.3) is 0 Å². The molecule has 1 atom stereocenters. The molecule has 8 heteroatoms. The summed E-state index contributed by atoms with van der Waals surface area (Å²) in [6.45, 7) is 0.927. The van der Waals surface area contributed by atoms with E-state index in [9.17, 15) is 13.2 Å². The second-order valence-corrected chi connectivity index (χ2v) is 5.29. The number of pyridine rings is 1. The minimum atomic E-state index is -4.44. The van der Waals surface area contributed by atoms with Crippen molar-refractivity contribution in [2.75, 3.05) is 6.54 Å². The van der Waals surface area contributed by atoms with E-state index in [0.29, 0.717) is 12.2 Å². The molecule has 3 heterocycles. The van der Waals surface area contributed by atoms with Crippen LogP contribution in [0.15, 0.2) is 12.3 Å². The van der Waals surface area contributed by atoms with Gasteiger partial charge >= 0.3 is 6.18 Å². The molecule has 1 saturated heterocycles. The Bertz CT molecular complexity index is 631. The Hall–Kier alpha value is -1.34. The molecule has 1 aliphatic rings. The summed E-state index contributed by atoms with van der Waals surface area (Å²) < 4.78 is 39.8. The maximum atomic E-state index is 12.8. The fourth-order valence-corrected chi connectivity index (χ4v) is 2.69. The van der Waals surface area contributed by atoms with Crippen LogP contribution in [-0.4, -0.2) is 27.2 Å². The topological polar surface area (TPSA) is 42.2 Å². The highest BCUT2D eigenvalue weighted by atomic mass is 35.5. The zero-order valence-corrected chi connectivity index (χ0v) is 11.2. The lowest BCUT2D eigenvalue weighted by molar-refractivity contribution is -0.137. The minimum Gasteiger partial charge on any atom is -0.314 e. The molecule has 108 valence electrons. The number of fused-ring (bicyclic) bond motifs is 1. The molecule has 0 amide bonds. The van der Waals surface area contributed by atoms with Gasteiger partial charge in [-0.15, -0.1) is 10.2 Å². The number of hydrogen-bond acceptors (Lipinski definition) is 3. The molecule has 20 heavy (non-hydrogen) atoms. The van der Waals surface area contributed by atoms with Crippen LogP contribution in [0.3, 0.4) is 0 Å². The molecule has 0 aliphatic carbocycles. The fourth-order valence-electron chi connectivity index (χ4n) is 2.45. The van der Waals surface area contributed by atoms with Crippen molar-refractivity contribution in [3.63, 3.8) is 0 Å². The summed E-state index contributed by atoms with van der Waals surface area (Å²) in [4.78, 5) is 0. The Morgan fingerprint density at radius 2 is 2.20 bits per heavy atom. The Morgan fingerprint density at radius 3 is 2.85 bits per heavy atom. The first-order valence-electron chi connectivity index (χ1n) is 6.29. The predicted octanol–water partition coefficient (Wildman–Crippen LogP) is 2.70. The van der Waals surface area contributed by atoms with Crippen LogP contribution in [0.4, 0.5) is 13.2 Å². The van der Waals surface area contributed by atoms with E-state index in [2.05, 4.69) is 15.5 Å². The van der Waals surface area contributed by atoms with Crippen LogP contribution in [-0.2, 0) is 12.6 Å². The van der Waals surface area contributed by atoms with Crippen molar-refractivity contribution in [2.45, 2.75) is 31.5 Å². The van der Waals surface area contributed by atoms with E-state index in [1.165, 1.54) is 4.40 Å². The Morgan fingerprint density at radius 1 is 1.40 bits per heavy atom. The van der Waals surface area contributed by atoms with E-state index in [1.807, 2.05) is 0 Å². The van der Waals surface area contributed by atoms with Gasteiger partial charge in [0.2, 0.25) is 0 Å². The Kier molecular flexibility index (Phi) is 3.33. The van der Waals surface area contributed by atoms with Gasteiger partial charge in [-0.2, -0.15) is 13.2 Å². The highest BCUT2D eigenvalue weighted by Crippen LogP contribution is 2.32. The number of hydrogen-bond donors (Lipinski definition) is 1. The lowest BCUT2D eigenvalue weighted by Gasteiger charge is -2.11. The van der Waals surface area contributed by atoms with Crippen LogP contribution in [0.5, 0.6) is 0 Å². The summed E-state index contributed by atoms with van der Waals surface area (Å²) >= 11 is 5.86. The van der Waals surface area contributed by atoms with E-state index in [4.69, 9.17) is 11.6 Å². The molecule has 0 aromatic carbocycles. The number of rotatable bonds is 2. The molecule has 3 rings (SSSR count). The molecule has 4 nitrogen and oxygen atoms in total. The van der Waals surface area contributed by atoms with Gasteiger partial charge in [-0.3, -0.25) is 4.40 Å². The van der Waals surface area contributed by atoms with Gasteiger partial charge in [-0.25, -0.2) is 0 Å². The van der Waals surface area contributed by atoms with Crippen LogP contribution in [0.1, 0.15) is 24.2 Å². The first-order chi connectivity index (χ1) is 9.45. The SMILES string of the molecule is FC(F)(F)c1cc(Cl)c2nnc(CC3CCCN3)n2c1. The molecule has 1 N–H and O–H groups in total. The van der Waals surface area contributed by atoms with Crippen molar-refractivity contribution in [3.05, 3.63) is 28.7 Å². The summed E-state index contributed by atoms with van der Waals surface area (Å²) in [5.41, 5.74) is -0.539. The summed E-state index contributed by atoms with van der Waals surface area (Å²) in [5, 5.41) is 11.1. The summed E-state index contributed by atoms with van der Waals surface area (Å²) in [6.07, 6.45) is -0.840. The maximum Gasteiger partial charge on any atom is 0.417 e. The summed E-state index contributed by atoms with van der Waals surface area (Å²) in [7, 11) is 0. The molecule has 1 unspecified atom stereocenters. The lowest BCUT2D eigenvalue weighted by atomic mass is 10.1. The van der Waals surface area contributed by atoms with E-state index in [1.54, 1.807) is 0 Å². The van der Waals surface area contributed by atoms with Crippen molar-refractivity contribution < 1.29 is 13.2 Å². The normalized spacial score (nSPS) is 19.9. The predicted molar refractivity (Wildman–Crippen MR) is 67.7 cm³/mol. The van der Waals surface area contributed by atoms with Gasteiger partial charge in [-0.05, 0) is 25.5 Å². The third-order valence-electron chi connectivity index (χ3n) is 3.45. The Balaban J connectivity index is 2.02. The standard InChI is InChI=1S/C12H12ClF3N4/c13-9-4-7(12(14,15)16)6-20-10(18-19-11(9)20)5-8-2-1-3-17-8/h4,6,8,17H,1-3,5H2. The number of nitrogens with one attached hydrogen (secondary N) is 1. The Labute approximate surface area is 117 Å². The van der Waals surface area contributed by atoms with Gasteiger partial charge in [0.15, 0.2) is 5.65 Å². The number of aromatic nitrogens is 3. The molecule has 1 aliphatic heterocycles. The average Bonchev–Trinajstić information content (AvgIpc) is 2.99. The van der Waals surface area contributed by atoms with Crippen molar-refractivity contribution >= 4 is 17.2 Å². The van der Waals surface area contributed by atoms with Crippen LogP contribution >= 0.6 is 11.6 Å². The quantitative estimate of drug-likeness (QED) is 0.927. The molecule has 0 radical (unpaired) electrons. The smallest absolute Gasteiger partial charge is 0.314 e. The molecule has 2 aromatic rings.